The second kappa shape index (κ2) is 7.86. The molecule has 1 aromatic carbocycles. The summed E-state index contributed by atoms with van der Waals surface area (Å²) in [6.45, 7) is 2.18. The number of hydrogen-bond acceptors (Lipinski definition) is 8. The largest absolute Gasteiger partial charge is 0.493 e. The number of amides is 1. The highest BCUT2D eigenvalue weighted by Crippen LogP contribution is 2.40. The molecule has 28 heavy (non-hydrogen) atoms. The highest BCUT2D eigenvalue weighted by Gasteiger charge is 2.35. The molecule has 1 saturated heterocycles. The number of esters is 1. The number of likely N-dealkylation sites (N-methyl/N-ethyl adjacent to an activating group) is 1. The monoisotopic (exact) mass is 413 g/mol. The topological polar surface area (TPSA) is 108 Å². The first-order chi connectivity index (χ1) is 13.2. The van der Waals surface area contributed by atoms with Crippen molar-refractivity contribution < 1.29 is 37.0 Å². The van der Waals surface area contributed by atoms with Gasteiger partial charge in [0.2, 0.25) is 5.75 Å². The predicted octanol–water partition coefficient (Wildman–Crippen LogP) is 0.657. The molecule has 10 heteroatoms. The molecular formula is C18H23NO8S. The van der Waals surface area contributed by atoms with E-state index >= 15 is 0 Å². The molecule has 0 saturated carbocycles. The Kier molecular flexibility index (Phi) is 5.69. The van der Waals surface area contributed by atoms with Gasteiger partial charge in [-0.1, -0.05) is 0 Å². The summed E-state index contributed by atoms with van der Waals surface area (Å²) in [5.41, 5.74) is 0.159. The van der Waals surface area contributed by atoms with Crippen molar-refractivity contribution in [1.82, 2.24) is 4.90 Å². The van der Waals surface area contributed by atoms with E-state index in [1.54, 1.807) is 0 Å². The van der Waals surface area contributed by atoms with Gasteiger partial charge in [-0.05, 0) is 25.5 Å². The van der Waals surface area contributed by atoms with Gasteiger partial charge in [0, 0.05) is 13.1 Å². The minimum atomic E-state index is -3.12. The number of benzene rings is 1. The lowest BCUT2D eigenvalue weighted by atomic mass is 10.1. The van der Waals surface area contributed by atoms with E-state index in [9.17, 15) is 18.0 Å². The lowest BCUT2D eigenvalue weighted by molar-refractivity contribution is -0.140. The summed E-state index contributed by atoms with van der Waals surface area (Å²) in [5.74, 6) is -0.0863. The van der Waals surface area contributed by atoms with Crippen LogP contribution in [0.1, 0.15) is 23.7 Å². The highest BCUT2D eigenvalue weighted by molar-refractivity contribution is 7.91. The lowest BCUT2D eigenvalue weighted by Gasteiger charge is -2.26. The lowest BCUT2D eigenvalue weighted by Crippen LogP contribution is -2.44. The third-order valence-electron chi connectivity index (χ3n) is 4.80. The number of methoxy groups -OCH3 is 1. The maximum Gasteiger partial charge on any atom is 0.339 e. The average Bonchev–Trinajstić information content (AvgIpc) is 3.05. The van der Waals surface area contributed by atoms with E-state index in [4.69, 9.17) is 18.9 Å². The van der Waals surface area contributed by atoms with Crippen molar-refractivity contribution >= 4 is 21.7 Å². The van der Waals surface area contributed by atoms with Crippen LogP contribution in [0, 0.1) is 0 Å². The van der Waals surface area contributed by atoms with Crippen molar-refractivity contribution in [1.29, 1.82) is 0 Å². The number of rotatable bonds is 5. The van der Waals surface area contributed by atoms with Crippen LogP contribution in [0.15, 0.2) is 12.1 Å². The first-order valence-electron chi connectivity index (χ1n) is 8.87. The van der Waals surface area contributed by atoms with E-state index in [0.29, 0.717) is 36.9 Å². The number of carbonyl (C=O) groups is 2. The van der Waals surface area contributed by atoms with Gasteiger partial charge in [0.1, 0.15) is 13.2 Å². The Hall–Kier alpha value is -2.49. The van der Waals surface area contributed by atoms with Gasteiger partial charge in [0.15, 0.2) is 27.4 Å². The molecule has 1 aromatic rings. The molecule has 0 bridgehead atoms. The molecule has 0 radical (unpaired) electrons. The smallest absolute Gasteiger partial charge is 0.339 e. The van der Waals surface area contributed by atoms with Gasteiger partial charge in [-0.2, -0.15) is 0 Å². The molecule has 9 nitrogen and oxygen atoms in total. The van der Waals surface area contributed by atoms with E-state index in [2.05, 4.69) is 0 Å². The maximum atomic E-state index is 12.5. The average molecular weight is 413 g/mol. The van der Waals surface area contributed by atoms with Gasteiger partial charge in [-0.25, -0.2) is 13.2 Å². The summed E-state index contributed by atoms with van der Waals surface area (Å²) < 4.78 is 44.8. The molecule has 2 atom stereocenters. The Morgan fingerprint density at radius 1 is 1.25 bits per heavy atom. The standard InChI is InChI=1S/C18H23NO8S/c1-11(17(20)19(2)13-4-7-28(22,23)10-13)27-18(21)12-8-14(24-3)16-15(9-12)25-5-6-26-16/h8-9,11,13H,4-7,10H2,1-3H3/t11-,13-/m0/s1. The van der Waals surface area contributed by atoms with Crippen molar-refractivity contribution in [2.24, 2.45) is 0 Å². The summed E-state index contributed by atoms with van der Waals surface area (Å²) in [6, 6.07) is 2.53. The van der Waals surface area contributed by atoms with Gasteiger partial charge >= 0.3 is 5.97 Å². The van der Waals surface area contributed by atoms with Crippen LogP contribution >= 0.6 is 0 Å². The summed E-state index contributed by atoms with van der Waals surface area (Å²) in [7, 11) is -0.161. The van der Waals surface area contributed by atoms with Gasteiger partial charge in [0.05, 0.1) is 24.2 Å². The summed E-state index contributed by atoms with van der Waals surface area (Å²) >= 11 is 0. The molecule has 154 valence electrons. The summed E-state index contributed by atoms with van der Waals surface area (Å²) in [4.78, 5) is 26.4. The Bertz CT molecular complexity index is 865. The first-order valence-corrected chi connectivity index (χ1v) is 10.7. The molecule has 2 heterocycles. The second-order valence-corrected chi connectivity index (χ2v) is 8.98. The van der Waals surface area contributed by atoms with Gasteiger partial charge < -0.3 is 23.8 Å². The Morgan fingerprint density at radius 3 is 2.61 bits per heavy atom. The van der Waals surface area contributed by atoms with Crippen LogP contribution in [-0.2, 0) is 19.4 Å². The zero-order valence-electron chi connectivity index (χ0n) is 16.0. The molecule has 0 spiro atoms. The van der Waals surface area contributed by atoms with Gasteiger partial charge in [-0.3, -0.25) is 4.79 Å². The number of ether oxygens (including phenoxy) is 4. The fraction of sp³-hybridized carbons (Fsp3) is 0.556. The fourth-order valence-electron chi connectivity index (χ4n) is 3.22. The quantitative estimate of drug-likeness (QED) is 0.648. The number of carbonyl (C=O) groups excluding carboxylic acids is 2. The molecule has 1 amide bonds. The zero-order valence-corrected chi connectivity index (χ0v) is 16.8. The third-order valence-corrected chi connectivity index (χ3v) is 6.55. The molecule has 2 aliphatic rings. The number of fused-ring (bicyclic) bond motifs is 1. The molecule has 2 aliphatic heterocycles. The number of nitrogens with zero attached hydrogens (tertiary/aromatic N) is 1. The van der Waals surface area contributed by atoms with Crippen molar-refractivity contribution in [3.05, 3.63) is 17.7 Å². The van der Waals surface area contributed by atoms with Crippen molar-refractivity contribution in [3.8, 4) is 17.2 Å². The van der Waals surface area contributed by atoms with Crippen LogP contribution in [0.2, 0.25) is 0 Å². The molecular weight excluding hydrogens is 390 g/mol. The van der Waals surface area contributed by atoms with Gasteiger partial charge in [0.25, 0.3) is 5.91 Å². The fourth-order valence-corrected chi connectivity index (χ4v) is 4.99. The Labute approximate surface area is 163 Å². The molecule has 0 N–H and O–H groups in total. The van der Waals surface area contributed by atoms with Gasteiger partial charge in [-0.15, -0.1) is 0 Å². The van der Waals surface area contributed by atoms with Crippen molar-refractivity contribution in [2.75, 3.05) is 38.9 Å². The van der Waals surface area contributed by atoms with Crippen LogP contribution in [-0.4, -0.2) is 76.2 Å². The van der Waals surface area contributed by atoms with Crippen LogP contribution in [0.3, 0.4) is 0 Å². The van der Waals surface area contributed by atoms with E-state index in [0.717, 1.165) is 0 Å². The molecule has 0 unspecified atom stereocenters. The molecule has 0 aliphatic carbocycles. The predicted molar refractivity (Wildman–Crippen MR) is 98.7 cm³/mol. The Morgan fingerprint density at radius 2 is 1.96 bits per heavy atom. The van der Waals surface area contributed by atoms with Crippen LogP contribution in [0.25, 0.3) is 0 Å². The number of hydrogen-bond donors (Lipinski definition) is 0. The SMILES string of the molecule is COc1cc(C(=O)O[C@@H](C)C(=O)N(C)[C@H]2CCS(=O)(=O)C2)cc2c1OCCO2. The van der Waals surface area contributed by atoms with E-state index in [1.165, 1.54) is 38.1 Å². The highest BCUT2D eigenvalue weighted by atomic mass is 32.2. The molecule has 1 fully saturated rings. The molecule has 3 rings (SSSR count). The van der Waals surface area contributed by atoms with E-state index in [-0.39, 0.29) is 17.1 Å². The summed E-state index contributed by atoms with van der Waals surface area (Å²) in [5, 5.41) is 0. The van der Waals surface area contributed by atoms with Crippen LogP contribution in [0.5, 0.6) is 17.2 Å². The number of sulfone groups is 1. The third kappa shape index (κ3) is 4.16. The zero-order chi connectivity index (χ0) is 20.5. The van der Waals surface area contributed by atoms with E-state index < -0.39 is 33.9 Å². The summed E-state index contributed by atoms with van der Waals surface area (Å²) in [6.07, 6.45) is -0.690. The second-order valence-electron chi connectivity index (χ2n) is 6.76. The van der Waals surface area contributed by atoms with Crippen LogP contribution in [0.4, 0.5) is 0 Å². The maximum absolute atomic E-state index is 12.5. The minimum Gasteiger partial charge on any atom is -0.493 e. The Balaban J connectivity index is 1.69. The van der Waals surface area contributed by atoms with Crippen molar-refractivity contribution in [2.45, 2.75) is 25.5 Å². The van der Waals surface area contributed by atoms with Crippen molar-refractivity contribution in [3.63, 3.8) is 0 Å². The first kappa shape index (κ1) is 20.2. The van der Waals surface area contributed by atoms with Crippen LogP contribution < -0.4 is 14.2 Å². The van der Waals surface area contributed by atoms with E-state index in [1.807, 2.05) is 0 Å². The minimum absolute atomic E-state index is 0.0560. The normalized spacial score (nSPS) is 20.9. The molecule has 0 aromatic heterocycles.